The molecule has 3 aromatic carbocycles. The molecule has 41 heavy (non-hydrogen) atoms. The Bertz CT molecular complexity index is 1410. The van der Waals surface area contributed by atoms with Crippen LogP contribution in [0.1, 0.15) is 32.8 Å². The van der Waals surface area contributed by atoms with E-state index in [9.17, 15) is 22.4 Å². The Hall–Kier alpha value is -4.12. The van der Waals surface area contributed by atoms with Crippen molar-refractivity contribution < 1.29 is 31.9 Å². The van der Waals surface area contributed by atoms with Crippen molar-refractivity contribution in [1.82, 2.24) is 10.2 Å². The summed E-state index contributed by atoms with van der Waals surface area (Å²) in [6, 6.07) is 16.5. The summed E-state index contributed by atoms with van der Waals surface area (Å²) in [4.78, 5) is 28.3. The van der Waals surface area contributed by atoms with E-state index in [-0.39, 0.29) is 29.1 Å². The zero-order chi connectivity index (χ0) is 30.2. The van der Waals surface area contributed by atoms with Crippen LogP contribution in [-0.2, 0) is 26.2 Å². The molecule has 0 saturated carbocycles. The molecule has 9 nitrogen and oxygen atoms in total. The van der Waals surface area contributed by atoms with E-state index in [1.54, 1.807) is 38.3 Å². The maximum absolute atomic E-state index is 13.9. The molecular weight excluding hydrogens is 549 g/mol. The van der Waals surface area contributed by atoms with E-state index in [1.807, 2.05) is 13.8 Å². The Kier molecular flexibility index (Phi) is 10.7. The van der Waals surface area contributed by atoms with E-state index < -0.39 is 34.3 Å². The molecule has 2 amide bonds. The zero-order valence-corrected chi connectivity index (χ0v) is 24.7. The van der Waals surface area contributed by atoms with Crippen LogP contribution in [0.4, 0.5) is 10.1 Å². The number of carbonyl (C=O) groups is 2. The first-order valence-electron chi connectivity index (χ1n) is 13.1. The van der Waals surface area contributed by atoms with Crippen molar-refractivity contribution in [3.63, 3.8) is 0 Å². The molecule has 0 unspecified atom stereocenters. The van der Waals surface area contributed by atoms with Crippen molar-refractivity contribution in [2.24, 2.45) is 0 Å². The number of hydrogen-bond donors (Lipinski definition) is 1. The molecule has 0 saturated heterocycles. The molecule has 11 heteroatoms. The summed E-state index contributed by atoms with van der Waals surface area (Å²) in [6.07, 6.45) is 0.698. The maximum atomic E-state index is 13.9. The lowest BCUT2D eigenvalue weighted by atomic mass is 10.1. The SMILES string of the molecule is CC[C@@H](C)NC(=O)[C@@H](C)N(Cc1ccc(OC)cc1)C(=O)CN(c1ccc(F)cc1)S(=O)(=O)c1ccc(OC)cc1. The number of anilines is 1. The van der Waals surface area contributed by atoms with Crippen LogP contribution in [0.5, 0.6) is 11.5 Å². The number of methoxy groups -OCH3 is 2. The minimum atomic E-state index is -4.28. The molecule has 1 N–H and O–H groups in total. The molecule has 0 aliphatic heterocycles. The molecule has 0 aromatic heterocycles. The van der Waals surface area contributed by atoms with Crippen LogP contribution in [0.15, 0.2) is 77.7 Å². The Morgan fingerprint density at radius 3 is 1.93 bits per heavy atom. The summed E-state index contributed by atoms with van der Waals surface area (Å²) in [5, 5.41) is 2.89. The van der Waals surface area contributed by atoms with E-state index in [0.717, 1.165) is 16.4 Å². The summed E-state index contributed by atoms with van der Waals surface area (Å²) in [5.41, 5.74) is 0.811. The molecule has 0 aliphatic rings. The highest BCUT2D eigenvalue weighted by atomic mass is 32.2. The minimum absolute atomic E-state index is 0.0394. The quantitative estimate of drug-likeness (QED) is 0.320. The second kappa shape index (κ2) is 14.0. The second-order valence-corrected chi connectivity index (χ2v) is 11.4. The molecule has 3 aromatic rings. The highest BCUT2D eigenvalue weighted by molar-refractivity contribution is 7.92. The van der Waals surface area contributed by atoms with Crippen molar-refractivity contribution in [3.05, 3.63) is 84.2 Å². The first kappa shape index (κ1) is 31.4. The molecule has 0 aliphatic carbocycles. The number of nitrogens with zero attached hydrogens (tertiary/aromatic N) is 2. The maximum Gasteiger partial charge on any atom is 0.264 e. The molecule has 0 radical (unpaired) electrons. The van der Waals surface area contributed by atoms with E-state index in [1.165, 1.54) is 48.4 Å². The lowest BCUT2D eigenvalue weighted by Crippen LogP contribution is -2.52. The van der Waals surface area contributed by atoms with Gasteiger partial charge in [0.05, 0.1) is 24.8 Å². The van der Waals surface area contributed by atoms with Gasteiger partial charge in [-0.25, -0.2) is 12.8 Å². The number of ether oxygens (including phenoxy) is 2. The van der Waals surface area contributed by atoms with Gasteiger partial charge in [0.15, 0.2) is 0 Å². The van der Waals surface area contributed by atoms with E-state index in [4.69, 9.17) is 9.47 Å². The van der Waals surface area contributed by atoms with Crippen LogP contribution in [-0.4, -0.2) is 58.0 Å². The Balaban J connectivity index is 2.01. The first-order valence-corrected chi connectivity index (χ1v) is 14.6. The third-order valence-electron chi connectivity index (χ3n) is 6.72. The highest BCUT2D eigenvalue weighted by Gasteiger charge is 2.33. The minimum Gasteiger partial charge on any atom is -0.497 e. The Morgan fingerprint density at radius 2 is 1.41 bits per heavy atom. The lowest BCUT2D eigenvalue weighted by molar-refractivity contribution is -0.139. The summed E-state index contributed by atoms with van der Waals surface area (Å²) in [7, 11) is -1.28. The van der Waals surface area contributed by atoms with Gasteiger partial charge in [-0.1, -0.05) is 19.1 Å². The average Bonchev–Trinajstić information content (AvgIpc) is 2.98. The van der Waals surface area contributed by atoms with Gasteiger partial charge in [0, 0.05) is 12.6 Å². The van der Waals surface area contributed by atoms with Crippen LogP contribution < -0.4 is 19.1 Å². The van der Waals surface area contributed by atoms with Crippen LogP contribution in [0.25, 0.3) is 0 Å². The summed E-state index contributed by atoms with van der Waals surface area (Å²) >= 11 is 0. The molecule has 0 spiro atoms. The van der Waals surface area contributed by atoms with Gasteiger partial charge in [-0.2, -0.15) is 0 Å². The van der Waals surface area contributed by atoms with Gasteiger partial charge in [-0.05, 0) is 86.5 Å². The summed E-state index contributed by atoms with van der Waals surface area (Å²) in [6.45, 7) is 4.80. The predicted octanol–water partition coefficient (Wildman–Crippen LogP) is 4.37. The normalized spacial score (nSPS) is 12.6. The number of carbonyl (C=O) groups excluding carboxylic acids is 2. The van der Waals surface area contributed by atoms with Gasteiger partial charge in [-0.15, -0.1) is 0 Å². The molecular formula is C30H36FN3O6S. The van der Waals surface area contributed by atoms with Crippen molar-refractivity contribution in [2.45, 2.75) is 50.7 Å². The van der Waals surface area contributed by atoms with Gasteiger partial charge >= 0.3 is 0 Å². The lowest BCUT2D eigenvalue weighted by Gasteiger charge is -2.32. The Morgan fingerprint density at radius 1 is 0.878 bits per heavy atom. The summed E-state index contributed by atoms with van der Waals surface area (Å²) in [5.74, 6) is -0.456. The molecule has 3 rings (SSSR count). The number of hydrogen-bond acceptors (Lipinski definition) is 6. The van der Waals surface area contributed by atoms with Crippen LogP contribution in [0.3, 0.4) is 0 Å². The van der Waals surface area contributed by atoms with Crippen molar-refractivity contribution in [1.29, 1.82) is 0 Å². The monoisotopic (exact) mass is 585 g/mol. The van der Waals surface area contributed by atoms with Crippen molar-refractivity contribution in [3.8, 4) is 11.5 Å². The smallest absolute Gasteiger partial charge is 0.264 e. The third kappa shape index (κ3) is 7.97. The van der Waals surface area contributed by atoms with E-state index in [0.29, 0.717) is 23.5 Å². The summed E-state index contributed by atoms with van der Waals surface area (Å²) < 4.78 is 52.7. The van der Waals surface area contributed by atoms with Gasteiger partial charge in [0.1, 0.15) is 29.9 Å². The fourth-order valence-corrected chi connectivity index (χ4v) is 5.40. The number of sulfonamides is 1. The first-order chi connectivity index (χ1) is 19.5. The fourth-order valence-electron chi connectivity index (χ4n) is 3.99. The van der Waals surface area contributed by atoms with E-state index >= 15 is 0 Å². The molecule has 0 bridgehead atoms. The molecule has 0 fully saturated rings. The van der Waals surface area contributed by atoms with Gasteiger partial charge in [0.25, 0.3) is 10.0 Å². The van der Waals surface area contributed by atoms with E-state index in [2.05, 4.69) is 5.32 Å². The fraction of sp³-hybridized carbons (Fsp3) is 0.333. The van der Waals surface area contributed by atoms with Crippen LogP contribution in [0.2, 0.25) is 0 Å². The molecule has 220 valence electrons. The Labute approximate surface area is 240 Å². The number of amides is 2. The predicted molar refractivity (Wildman–Crippen MR) is 155 cm³/mol. The van der Waals surface area contributed by atoms with Gasteiger partial charge in [-0.3, -0.25) is 13.9 Å². The van der Waals surface area contributed by atoms with Crippen molar-refractivity contribution in [2.75, 3.05) is 25.1 Å². The number of rotatable bonds is 13. The highest BCUT2D eigenvalue weighted by Crippen LogP contribution is 2.26. The second-order valence-electron chi connectivity index (χ2n) is 9.53. The van der Waals surface area contributed by atoms with Crippen LogP contribution in [0, 0.1) is 5.82 Å². The molecule has 2 atom stereocenters. The van der Waals surface area contributed by atoms with Crippen LogP contribution >= 0.6 is 0 Å². The topological polar surface area (TPSA) is 105 Å². The zero-order valence-electron chi connectivity index (χ0n) is 23.8. The number of nitrogens with one attached hydrogen (secondary N) is 1. The molecule has 0 heterocycles. The average molecular weight is 586 g/mol. The van der Waals surface area contributed by atoms with Gasteiger partial charge in [0.2, 0.25) is 11.8 Å². The third-order valence-corrected chi connectivity index (χ3v) is 8.51. The largest absolute Gasteiger partial charge is 0.497 e. The standard InChI is InChI=1S/C30H36FN3O6S/c1-6-21(2)32-30(36)22(3)33(19-23-7-13-26(39-4)14-8-23)29(35)20-34(25-11-9-24(31)10-12-25)41(37,38)28-17-15-27(40-5)16-18-28/h7-18,21-22H,6,19-20H2,1-5H3,(H,32,36)/t21-,22-/m1/s1. The number of halogens is 1. The number of benzene rings is 3. The van der Waals surface area contributed by atoms with Crippen molar-refractivity contribution >= 4 is 27.5 Å². The van der Waals surface area contributed by atoms with Gasteiger partial charge < -0.3 is 19.7 Å².